The van der Waals surface area contributed by atoms with Crippen LogP contribution in [0.15, 0.2) is 36.4 Å². The third-order valence-electron chi connectivity index (χ3n) is 3.09. The molecule has 21 heavy (non-hydrogen) atoms. The van der Waals surface area contributed by atoms with Crippen LogP contribution in [0.4, 0.5) is 4.39 Å². The number of halogens is 1. The first kappa shape index (κ1) is 15.3. The molecule has 0 spiro atoms. The summed E-state index contributed by atoms with van der Waals surface area (Å²) in [6.07, 6.45) is 0. The van der Waals surface area contributed by atoms with Gasteiger partial charge in [0.25, 0.3) is 0 Å². The minimum atomic E-state index is -1.64. The zero-order valence-corrected chi connectivity index (χ0v) is 11.8. The molecule has 0 radical (unpaired) electrons. The number of methoxy groups -OCH3 is 1. The number of rotatable bonds is 5. The Labute approximate surface area is 122 Å². The maximum Gasteiger partial charge on any atom is 0.492 e. The molecule has 110 valence electrons. The molecule has 0 saturated heterocycles. The minimum Gasteiger partial charge on any atom is -0.494 e. The smallest absolute Gasteiger partial charge is 0.492 e. The molecule has 0 aliphatic rings. The highest BCUT2D eigenvalue weighted by atomic mass is 19.1. The molecule has 0 saturated carbocycles. The molecular formula is C15H16BFO4. The van der Waals surface area contributed by atoms with Crippen molar-refractivity contribution in [1.82, 2.24) is 0 Å². The molecule has 2 N–H and O–H groups in total. The van der Waals surface area contributed by atoms with Gasteiger partial charge in [0.05, 0.1) is 7.11 Å². The normalized spacial score (nSPS) is 10.3. The Kier molecular flexibility index (Phi) is 4.83. The van der Waals surface area contributed by atoms with Gasteiger partial charge in [0.2, 0.25) is 0 Å². The van der Waals surface area contributed by atoms with Gasteiger partial charge in [-0.1, -0.05) is 29.8 Å². The van der Waals surface area contributed by atoms with E-state index in [1.54, 1.807) is 30.3 Å². The van der Waals surface area contributed by atoms with Crippen molar-refractivity contribution in [3.63, 3.8) is 0 Å². The average molecular weight is 290 g/mol. The van der Waals surface area contributed by atoms with Gasteiger partial charge >= 0.3 is 7.12 Å². The molecule has 0 unspecified atom stereocenters. The fourth-order valence-electron chi connectivity index (χ4n) is 1.98. The summed E-state index contributed by atoms with van der Waals surface area (Å²) in [7, 11) is -0.251. The molecule has 0 bridgehead atoms. The Morgan fingerprint density at radius 2 is 1.90 bits per heavy atom. The van der Waals surface area contributed by atoms with E-state index in [1.165, 1.54) is 13.2 Å². The van der Waals surface area contributed by atoms with Crippen LogP contribution in [-0.4, -0.2) is 24.3 Å². The molecule has 2 rings (SSSR count). The van der Waals surface area contributed by atoms with Gasteiger partial charge in [-0.05, 0) is 19.1 Å². The number of hydrogen-bond donors (Lipinski definition) is 2. The zero-order valence-electron chi connectivity index (χ0n) is 11.8. The van der Waals surface area contributed by atoms with Gasteiger partial charge in [0.15, 0.2) is 11.6 Å². The van der Waals surface area contributed by atoms with Gasteiger partial charge in [0.1, 0.15) is 12.4 Å². The van der Waals surface area contributed by atoms with Crippen molar-refractivity contribution in [3.8, 4) is 11.5 Å². The van der Waals surface area contributed by atoms with Crippen LogP contribution >= 0.6 is 0 Å². The summed E-state index contributed by atoms with van der Waals surface area (Å²) in [4.78, 5) is 0. The van der Waals surface area contributed by atoms with Gasteiger partial charge < -0.3 is 19.5 Å². The lowest BCUT2D eigenvalue weighted by atomic mass is 9.79. The highest BCUT2D eigenvalue weighted by Gasteiger charge is 2.18. The van der Waals surface area contributed by atoms with Crippen LogP contribution < -0.4 is 14.9 Å². The standard InChI is InChI=1S/C15H16BFO4/c1-10-6-7-13(12(8-10)16(18)19)21-9-11-4-3-5-14(20-2)15(11)17/h3-8,18-19H,9H2,1-2H3. The highest BCUT2D eigenvalue weighted by Crippen LogP contribution is 2.21. The van der Waals surface area contributed by atoms with E-state index >= 15 is 0 Å². The van der Waals surface area contributed by atoms with Gasteiger partial charge in [-0.15, -0.1) is 0 Å². The average Bonchev–Trinajstić information content (AvgIpc) is 2.47. The van der Waals surface area contributed by atoms with Crippen LogP contribution in [0.1, 0.15) is 11.1 Å². The molecule has 2 aromatic carbocycles. The Hall–Kier alpha value is -2.05. The van der Waals surface area contributed by atoms with E-state index in [-0.39, 0.29) is 17.8 Å². The van der Waals surface area contributed by atoms with E-state index < -0.39 is 12.9 Å². The third kappa shape index (κ3) is 3.54. The number of hydrogen-bond acceptors (Lipinski definition) is 4. The lowest BCUT2D eigenvalue weighted by Crippen LogP contribution is -2.31. The van der Waals surface area contributed by atoms with E-state index in [2.05, 4.69) is 0 Å². The molecule has 0 aliphatic carbocycles. The van der Waals surface area contributed by atoms with E-state index in [4.69, 9.17) is 9.47 Å². The first-order valence-corrected chi connectivity index (χ1v) is 6.43. The van der Waals surface area contributed by atoms with Crippen LogP contribution in [0.3, 0.4) is 0 Å². The predicted octanol–water partition coefficient (Wildman–Crippen LogP) is 1.40. The molecule has 0 aliphatic heterocycles. The monoisotopic (exact) mass is 290 g/mol. The SMILES string of the molecule is COc1cccc(COc2ccc(C)cc2B(O)O)c1F. The summed E-state index contributed by atoms with van der Waals surface area (Å²) in [5, 5.41) is 18.7. The molecule has 4 nitrogen and oxygen atoms in total. The summed E-state index contributed by atoms with van der Waals surface area (Å²) in [6.45, 7) is 1.79. The van der Waals surface area contributed by atoms with Gasteiger partial charge in [0, 0.05) is 11.0 Å². The molecule has 0 amide bonds. The summed E-state index contributed by atoms with van der Waals surface area (Å²) in [6, 6.07) is 9.79. The summed E-state index contributed by atoms with van der Waals surface area (Å²) in [5.41, 5.74) is 1.45. The highest BCUT2D eigenvalue weighted by molar-refractivity contribution is 6.59. The van der Waals surface area contributed by atoms with Crippen LogP contribution in [0.2, 0.25) is 0 Å². The van der Waals surface area contributed by atoms with E-state index in [0.29, 0.717) is 11.3 Å². The molecule has 0 heterocycles. The maximum absolute atomic E-state index is 14.0. The Morgan fingerprint density at radius 1 is 1.14 bits per heavy atom. The maximum atomic E-state index is 14.0. The summed E-state index contributed by atoms with van der Waals surface area (Å²) < 4.78 is 24.4. The Balaban J connectivity index is 2.21. The van der Waals surface area contributed by atoms with Crippen LogP contribution in [0.5, 0.6) is 11.5 Å². The second kappa shape index (κ2) is 6.60. The first-order chi connectivity index (χ1) is 10.0. The molecule has 0 atom stereocenters. The number of ether oxygens (including phenoxy) is 2. The summed E-state index contributed by atoms with van der Waals surface area (Å²) in [5.74, 6) is -0.0431. The predicted molar refractivity (Wildman–Crippen MR) is 78.3 cm³/mol. The van der Waals surface area contributed by atoms with Gasteiger partial charge in [-0.2, -0.15) is 0 Å². The van der Waals surface area contributed by atoms with E-state index in [0.717, 1.165) is 5.56 Å². The van der Waals surface area contributed by atoms with Crippen molar-refractivity contribution >= 4 is 12.6 Å². The largest absolute Gasteiger partial charge is 0.494 e. The lowest BCUT2D eigenvalue weighted by molar-refractivity contribution is 0.296. The third-order valence-corrected chi connectivity index (χ3v) is 3.09. The Morgan fingerprint density at radius 3 is 2.57 bits per heavy atom. The lowest BCUT2D eigenvalue weighted by Gasteiger charge is -2.13. The van der Waals surface area contributed by atoms with Crippen molar-refractivity contribution in [3.05, 3.63) is 53.3 Å². The first-order valence-electron chi connectivity index (χ1n) is 6.43. The minimum absolute atomic E-state index is 0.0359. The van der Waals surface area contributed by atoms with Crippen molar-refractivity contribution < 1.29 is 23.9 Å². The molecule has 2 aromatic rings. The van der Waals surface area contributed by atoms with Crippen molar-refractivity contribution in [1.29, 1.82) is 0 Å². The topological polar surface area (TPSA) is 58.9 Å². The van der Waals surface area contributed by atoms with Crippen LogP contribution in [0.25, 0.3) is 0 Å². The second-order valence-electron chi connectivity index (χ2n) is 4.64. The number of benzene rings is 2. The molecular weight excluding hydrogens is 274 g/mol. The fourth-order valence-corrected chi connectivity index (χ4v) is 1.98. The number of aryl methyl sites for hydroxylation is 1. The van der Waals surface area contributed by atoms with Crippen molar-refractivity contribution in [2.75, 3.05) is 7.11 Å². The van der Waals surface area contributed by atoms with Gasteiger partial charge in [-0.25, -0.2) is 4.39 Å². The molecule has 0 aromatic heterocycles. The summed E-state index contributed by atoms with van der Waals surface area (Å²) >= 11 is 0. The van der Waals surface area contributed by atoms with Crippen molar-refractivity contribution in [2.45, 2.75) is 13.5 Å². The fraction of sp³-hybridized carbons (Fsp3) is 0.200. The molecule has 0 fully saturated rings. The van der Waals surface area contributed by atoms with Crippen LogP contribution in [-0.2, 0) is 6.61 Å². The molecule has 6 heteroatoms. The Bertz CT molecular complexity index is 631. The second-order valence-corrected chi connectivity index (χ2v) is 4.64. The van der Waals surface area contributed by atoms with E-state index in [9.17, 15) is 14.4 Å². The van der Waals surface area contributed by atoms with Crippen molar-refractivity contribution in [2.24, 2.45) is 0 Å². The van der Waals surface area contributed by atoms with Crippen LogP contribution in [0, 0.1) is 12.7 Å². The quantitative estimate of drug-likeness (QED) is 0.817. The van der Waals surface area contributed by atoms with E-state index in [1.807, 2.05) is 6.92 Å². The van der Waals surface area contributed by atoms with Gasteiger partial charge in [-0.3, -0.25) is 0 Å². The zero-order chi connectivity index (χ0) is 15.4.